The van der Waals surface area contributed by atoms with Gasteiger partial charge in [0.05, 0.1) is 23.7 Å². The monoisotopic (exact) mass is 540 g/mol. The summed E-state index contributed by atoms with van der Waals surface area (Å²) >= 11 is 0. The van der Waals surface area contributed by atoms with E-state index < -0.39 is 21.8 Å². The maximum atomic E-state index is 12.8. The van der Waals surface area contributed by atoms with Gasteiger partial charge in [-0.25, -0.2) is 13.1 Å². The molecule has 0 unspecified atom stereocenters. The fourth-order valence-electron chi connectivity index (χ4n) is 3.32. The second-order valence-electron chi connectivity index (χ2n) is 7.96. The van der Waals surface area contributed by atoms with Crippen molar-refractivity contribution in [1.82, 2.24) is 20.3 Å². The van der Waals surface area contributed by atoms with Crippen molar-refractivity contribution in [1.29, 1.82) is 0 Å². The molecule has 0 radical (unpaired) electrons. The molecular formula is C26H28N4O7S. The van der Waals surface area contributed by atoms with Gasteiger partial charge in [-0.15, -0.1) is 0 Å². The fourth-order valence-corrected chi connectivity index (χ4v) is 4.37. The van der Waals surface area contributed by atoms with Gasteiger partial charge in [0.2, 0.25) is 0 Å². The minimum atomic E-state index is -4.20. The summed E-state index contributed by atoms with van der Waals surface area (Å²) in [6.07, 6.45) is 1.45. The van der Waals surface area contributed by atoms with Crippen LogP contribution >= 0.6 is 0 Å². The van der Waals surface area contributed by atoms with Crippen molar-refractivity contribution < 1.29 is 32.6 Å². The van der Waals surface area contributed by atoms with Crippen LogP contribution in [0, 0.1) is 0 Å². The molecule has 0 bridgehead atoms. The first-order chi connectivity index (χ1) is 18.2. The summed E-state index contributed by atoms with van der Waals surface area (Å²) in [5.74, 6) is -1.04. The Morgan fingerprint density at radius 3 is 2.26 bits per heavy atom. The highest BCUT2D eigenvalue weighted by atomic mass is 32.2. The summed E-state index contributed by atoms with van der Waals surface area (Å²) in [5.41, 5.74) is 1.08. The Morgan fingerprint density at radius 2 is 1.61 bits per heavy atom. The molecule has 0 fully saturated rings. The van der Waals surface area contributed by atoms with E-state index in [1.54, 1.807) is 36.4 Å². The van der Waals surface area contributed by atoms with Crippen molar-refractivity contribution in [3.8, 4) is 5.75 Å². The number of benzene rings is 2. The van der Waals surface area contributed by atoms with Gasteiger partial charge in [0.1, 0.15) is 11.4 Å². The van der Waals surface area contributed by atoms with E-state index in [0.717, 1.165) is 6.20 Å². The number of sulfonamides is 1. The molecular weight excluding hydrogens is 512 g/mol. The smallest absolute Gasteiger partial charge is 0.269 e. The Bertz CT molecular complexity index is 1380. The summed E-state index contributed by atoms with van der Waals surface area (Å²) in [6.45, 7) is 2.49. The van der Waals surface area contributed by atoms with Gasteiger partial charge in [-0.1, -0.05) is 12.1 Å². The molecule has 38 heavy (non-hydrogen) atoms. The average molecular weight is 541 g/mol. The maximum absolute atomic E-state index is 12.8. The molecule has 3 rings (SSSR count). The predicted octanol–water partition coefficient (Wildman–Crippen LogP) is 1.29. The molecule has 4 N–H and O–H groups in total. The number of carbonyl (C=O) groups is 3. The maximum Gasteiger partial charge on any atom is 0.269 e. The minimum Gasteiger partial charge on any atom is -0.494 e. The molecule has 12 heteroatoms. The zero-order valence-electron chi connectivity index (χ0n) is 20.6. The molecule has 0 spiro atoms. The van der Waals surface area contributed by atoms with E-state index in [2.05, 4.69) is 15.6 Å². The summed E-state index contributed by atoms with van der Waals surface area (Å²) in [5, 5.41) is 14.0. The molecule has 0 aliphatic carbocycles. The average Bonchev–Trinajstić information content (AvgIpc) is 2.92. The van der Waals surface area contributed by atoms with Gasteiger partial charge in [-0.05, 0) is 67.4 Å². The largest absolute Gasteiger partial charge is 0.494 e. The Hall–Kier alpha value is -4.29. The van der Waals surface area contributed by atoms with Crippen LogP contribution in [-0.4, -0.2) is 62.5 Å². The number of hydrogen-bond donors (Lipinski definition) is 4. The third-order valence-electron chi connectivity index (χ3n) is 5.22. The highest BCUT2D eigenvalue weighted by Crippen LogP contribution is 2.14. The number of amides is 3. The topological polar surface area (TPSA) is 164 Å². The number of aliphatic hydroxyl groups excluding tert-OH is 1. The van der Waals surface area contributed by atoms with E-state index >= 15 is 0 Å². The standard InChI is InChI=1S/C26H28N4O7S/c1-2-37-21-9-6-19(7-10-21)24(32)27-13-12-18-4-3-5-22(16-18)38(35,36)30-25(33)20-8-11-23(29-17-20)26(34)28-14-15-31/h3-11,16-17,31H,2,12-15H2,1H3,(H,27,32)(H,28,34)(H,30,33). The van der Waals surface area contributed by atoms with E-state index in [1.165, 1.54) is 24.3 Å². The Kier molecular flexibility index (Phi) is 9.91. The normalized spacial score (nSPS) is 10.9. The molecule has 1 aromatic heterocycles. The molecule has 0 saturated heterocycles. The zero-order chi connectivity index (χ0) is 27.5. The van der Waals surface area contributed by atoms with Crippen LogP contribution in [0.3, 0.4) is 0 Å². The Balaban J connectivity index is 1.57. The molecule has 3 aromatic rings. The third kappa shape index (κ3) is 7.85. The highest BCUT2D eigenvalue weighted by Gasteiger charge is 2.20. The number of nitrogens with zero attached hydrogens (tertiary/aromatic N) is 1. The van der Waals surface area contributed by atoms with Crippen LogP contribution in [0.1, 0.15) is 43.7 Å². The molecule has 1 heterocycles. The lowest BCUT2D eigenvalue weighted by Crippen LogP contribution is -2.31. The highest BCUT2D eigenvalue weighted by molar-refractivity contribution is 7.90. The van der Waals surface area contributed by atoms with Crippen LogP contribution in [0.5, 0.6) is 5.75 Å². The van der Waals surface area contributed by atoms with E-state index in [-0.39, 0.29) is 41.8 Å². The van der Waals surface area contributed by atoms with E-state index in [9.17, 15) is 22.8 Å². The predicted molar refractivity (Wildman–Crippen MR) is 138 cm³/mol. The van der Waals surface area contributed by atoms with E-state index in [1.807, 2.05) is 11.6 Å². The summed E-state index contributed by atoms with van der Waals surface area (Å²) in [7, 11) is -4.20. The SMILES string of the molecule is CCOc1ccc(C(=O)NCCc2cccc(S(=O)(=O)NC(=O)c3ccc(C(=O)NCCO)nc3)c2)cc1. The molecule has 2 aromatic carbocycles. The van der Waals surface area contributed by atoms with Gasteiger partial charge in [0, 0.05) is 24.8 Å². The van der Waals surface area contributed by atoms with Crippen molar-refractivity contribution in [2.75, 3.05) is 26.3 Å². The lowest BCUT2D eigenvalue weighted by molar-refractivity contribution is 0.0934. The van der Waals surface area contributed by atoms with Crippen LogP contribution in [0.15, 0.2) is 71.8 Å². The minimum absolute atomic E-state index is 0.0140. The second kappa shape index (κ2) is 13.3. The number of aliphatic hydroxyl groups is 1. The van der Waals surface area contributed by atoms with Crippen molar-refractivity contribution >= 4 is 27.7 Å². The van der Waals surface area contributed by atoms with E-state index in [4.69, 9.17) is 9.84 Å². The summed E-state index contributed by atoms with van der Waals surface area (Å²) in [4.78, 5) is 40.4. The Labute approximate surface area is 220 Å². The first-order valence-electron chi connectivity index (χ1n) is 11.8. The summed E-state index contributed by atoms with van der Waals surface area (Å²) < 4.78 is 32.9. The summed E-state index contributed by atoms with van der Waals surface area (Å²) in [6, 6.07) is 15.3. The zero-order valence-corrected chi connectivity index (χ0v) is 21.5. The molecule has 0 aliphatic rings. The second-order valence-corrected chi connectivity index (χ2v) is 9.64. The Morgan fingerprint density at radius 1 is 0.895 bits per heavy atom. The van der Waals surface area contributed by atoms with Gasteiger partial charge >= 0.3 is 0 Å². The number of aromatic nitrogens is 1. The number of carbonyl (C=O) groups excluding carboxylic acids is 3. The lowest BCUT2D eigenvalue weighted by atomic mass is 10.1. The number of hydrogen-bond acceptors (Lipinski definition) is 8. The number of ether oxygens (including phenoxy) is 1. The third-order valence-corrected chi connectivity index (χ3v) is 6.55. The van der Waals surface area contributed by atoms with E-state index in [0.29, 0.717) is 29.9 Å². The first-order valence-corrected chi connectivity index (χ1v) is 13.2. The van der Waals surface area contributed by atoms with Crippen molar-refractivity contribution in [3.05, 3.63) is 89.2 Å². The fraction of sp³-hybridized carbons (Fsp3) is 0.231. The van der Waals surface area contributed by atoms with Crippen LogP contribution in [0.25, 0.3) is 0 Å². The van der Waals surface area contributed by atoms with Crippen molar-refractivity contribution in [2.45, 2.75) is 18.2 Å². The van der Waals surface area contributed by atoms with Crippen LogP contribution < -0.4 is 20.1 Å². The molecule has 0 saturated carbocycles. The molecule has 200 valence electrons. The quantitative estimate of drug-likeness (QED) is 0.267. The first kappa shape index (κ1) is 28.3. The molecule has 3 amide bonds. The molecule has 11 nitrogen and oxygen atoms in total. The van der Waals surface area contributed by atoms with Gasteiger partial charge in [-0.3, -0.25) is 19.4 Å². The van der Waals surface area contributed by atoms with Gasteiger partial charge in [-0.2, -0.15) is 0 Å². The van der Waals surface area contributed by atoms with Gasteiger partial charge in [0.15, 0.2) is 0 Å². The number of rotatable bonds is 12. The molecule has 0 atom stereocenters. The number of nitrogens with one attached hydrogen (secondary N) is 3. The lowest BCUT2D eigenvalue weighted by Gasteiger charge is -2.10. The van der Waals surface area contributed by atoms with Crippen LogP contribution in [-0.2, 0) is 16.4 Å². The van der Waals surface area contributed by atoms with Crippen LogP contribution in [0.2, 0.25) is 0 Å². The number of pyridine rings is 1. The van der Waals surface area contributed by atoms with Crippen LogP contribution in [0.4, 0.5) is 0 Å². The van der Waals surface area contributed by atoms with Gasteiger partial charge in [0.25, 0.3) is 27.7 Å². The molecule has 0 aliphatic heterocycles. The van der Waals surface area contributed by atoms with Gasteiger partial charge < -0.3 is 20.5 Å². The van der Waals surface area contributed by atoms with Crippen molar-refractivity contribution in [3.63, 3.8) is 0 Å². The van der Waals surface area contributed by atoms with Crippen molar-refractivity contribution in [2.24, 2.45) is 0 Å².